The molecule has 0 spiro atoms. The van der Waals surface area contributed by atoms with Gasteiger partial charge in [-0.3, -0.25) is 4.79 Å². The van der Waals surface area contributed by atoms with Crippen LogP contribution in [0.25, 0.3) is 11.0 Å². The quantitative estimate of drug-likeness (QED) is 0.534. The number of fused-ring (bicyclic) bond motifs is 1. The molecule has 3 rings (SSSR count). The fourth-order valence-electron chi connectivity index (χ4n) is 1.76. The highest BCUT2D eigenvalue weighted by molar-refractivity contribution is 5.96. The Morgan fingerprint density at radius 1 is 1.35 bits per heavy atom. The summed E-state index contributed by atoms with van der Waals surface area (Å²) in [7, 11) is 0. The maximum atomic E-state index is 12.0. The number of nitrogens with one attached hydrogen (secondary N) is 2. The van der Waals surface area contributed by atoms with Crippen LogP contribution in [0.3, 0.4) is 0 Å². The standard InChI is InChI=1S/C12H9N5O3/c18-7-14-9-5-6-13-11(9)12(19)20-17-10-4-2-1-3-8(10)15-16-17/h1-7,13H,(H,14,18). The molecule has 0 atom stereocenters. The maximum Gasteiger partial charge on any atom is 0.383 e. The zero-order valence-electron chi connectivity index (χ0n) is 10.1. The first kappa shape index (κ1) is 11.9. The van der Waals surface area contributed by atoms with Gasteiger partial charge in [0.25, 0.3) is 0 Å². The fraction of sp³-hybridized carbons (Fsp3) is 0. The van der Waals surface area contributed by atoms with Gasteiger partial charge in [-0.25, -0.2) is 4.79 Å². The van der Waals surface area contributed by atoms with Crippen LogP contribution in [0.4, 0.5) is 5.69 Å². The van der Waals surface area contributed by atoms with E-state index in [2.05, 4.69) is 20.6 Å². The van der Waals surface area contributed by atoms with Gasteiger partial charge < -0.3 is 15.1 Å². The number of para-hydroxylation sites is 1. The Bertz CT molecular complexity index is 776. The van der Waals surface area contributed by atoms with E-state index in [9.17, 15) is 9.59 Å². The number of carbonyl (C=O) groups is 2. The second-order valence-electron chi connectivity index (χ2n) is 3.86. The Hall–Kier alpha value is -3.16. The number of H-pyrrole nitrogens is 1. The van der Waals surface area contributed by atoms with Gasteiger partial charge in [0.15, 0.2) is 5.69 Å². The van der Waals surface area contributed by atoms with Crippen molar-refractivity contribution in [3.05, 3.63) is 42.2 Å². The first-order valence-electron chi connectivity index (χ1n) is 5.70. The molecule has 8 heteroatoms. The molecule has 0 aliphatic heterocycles. The smallest absolute Gasteiger partial charge is 0.354 e. The summed E-state index contributed by atoms with van der Waals surface area (Å²) >= 11 is 0. The number of benzene rings is 1. The Kier molecular flexibility index (Phi) is 2.88. The number of rotatable bonds is 4. The topological polar surface area (TPSA) is 102 Å². The van der Waals surface area contributed by atoms with E-state index in [-0.39, 0.29) is 5.69 Å². The molecule has 0 unspecified atom stereocenters. The predicted molar refractivity (Wildman–Crippen MR) is 68.9 cm³/mol. The molecule has 0 radical (unpaired) electrons. The van der Waals surface area contributed by atoms with E-state index in [1.807, 2.05) is 0 Å². The molecule has 0 saturated carbocycles. The number of carbonyl (C=O) groups excluding carboxylic acids is 2. The Morgan fingerprint density at radius 3 is 3.05 bits per heavy atom. The Labute approximate surface area is 112 Å². The summed E-state index contributed by atoms with van der Waals surface area (Å²) in [4.78, 5) is 31.3. The van der Waals surface area contributed by atoms with Crippen molar-refractivity contribution in [1.29, 1.82) is 0 Å². The zero-order valence-corrected chi connectivity index (χ0v) is 10.1. The highest BCUT2D eigenvalue weighted by Gasteiger charge is 2.17. The molecular formula is C12H9N5O3. The summed E-state index contributed by atoms with van der Waals surface area (Å²) < 4.78 is 0. The third-order valence-electron chi connectivity index (χ3n) is 2.66. The lowest BCUT2D eigenvalue weighted by atomic mass is 10.3. The Balaban J connectivity index is 1.89. The number of hydrogen-bond donors (Lipinski definition) is 2. The van der Waals surface area contributed by atoms with Crippen molar-refractivity contribution in [1.82, 2.24) is 20.1 Å². The SMILES string of the molecule is O=CNc1cc[nH]c1C(=O)On1nnc2ccccc21. The van der Waals surface area contributed by atoms with E-state index in [0.717, 1.165) is 4.85 Å². The molecule has 0 bridgehead atoms. The predicted octanol–water partition coefficient (Wildman–Crippen LogP) is 0.597. The minimum atomic E-state index is -0.685. The molecule has 2 heterocycles. The van der Waals surface area contributed by atoms with Crippen LogP contribution in [0.15, 0.2) is 36.5 Å². The van der Waals surface area contributed by atoms with Gasteiger partial charge in [0.1, 0.15) is 11.0 Å². The van der Waals surface area contributed by atoms with Crippen molar-refractivity contribution in [2.45, 2.75) is 0 Å². The minimum absolute atomic E-state index is 0.122. The summed E-state index contributed by atoms with van der Waals surface area (Å²) in [6.45, 7) is 0. The average molecular weight is 271 g/mol. The second-order valence-corrected chi connectivity index (χ2v) is 3.86. The van der Waals surface area contributed by atoms with Crippen LogP contribution >= 0.6 is 0 Å². The van der Waals surface area contributed by atoms with E-state index >= 15 is 0 Å². The van der Waals surface area contributed by atoms with Crippen molar-refractivity contribution in [2.24, 2.45) is 0 Å². The maximum absolute atomic E-state index is 12.0. The third-order valence-corrected chi connectivity index (χ3v) is 2.66. The summed E-state index contributed by atoms with van der Waals surface area (Å²) in [5.41, 5.74) is 1.63. The van der Waals surface area contributed by atoms with Gasteiger partial charge in [-0.05, 0) is 23.4 Å². The van der Waals surface area contributed by atoms with Gasteiger partial charge in [-0.1, -0.05) is 17.0 Å². The first-order valence-corrected chi connectivity index (χ1v) is 5.70. The molecule has 0 fully saturated rings. The second kappa shape index (κ2) is 4.84. The normalized spacial score (nSPS) is 10.4. The van der Waals surface area contributed by atoms with Crippen molar-refractivity contribution in [3.63, 3.8) is 0 Å². The molecule has 0 aliphatic rings. The molecule has 2 aromatic heterocycles. The molecule has 20 heavy (non-hydrogen) atoms. The van der Waals surface area contributed by atoms with Gasteiger partial charge >= 0.3 is 5.97 Å². The van der Waals surface area contributed by atoms with Crippen LogP contribution in [0.2, 0.25) is 0 Å². The lowest BCUT2D eigenvalue weighted by molar-refractivity contribution is -0.105. The highest BCUT2D eigenvalue weighted by atomic mass is 16.7. The molecule has 1 aromatic carbocycles. The molecule has 0 aliphatic carbocycles. The highest BCUT2D eigenvalue weighted by Crippen LogP contribution is 2.14. The van der Waals surface area contributed by atoms with Crippen LogP contribution in [-0.2, 0) is 4.79 Å². The fourth-order valence-corrected chi connectivity index (χ4v) is 1.76. The number of amides is 1. The number of anilines is 1. The van der Waals surface area contributed by atoms with E-state index in [1.165, 1.54) is 6.20 Å². The van der Waals surface area contributed by atoms with Crippen molar-refractivity contribution in [3.8, 4) is 0 Å². The van der Waals surface area contributed by atoms with Gasteiger partial charge in [-0.15, -0.1) is 5.10 Å². The van der Waals surface area contributed by atoms with Gasteiger partial charge in [0.05, 0.1) is 5.69 Å². The Morgan fingerprint density at radius 2 is 2.20 bits per heavy atom. The summed E-state index contributed by atoms with van der Waals surface area (Å²) in [5, 5.41) is 10.0. The largest absolute Gasteiger partial charge is 0.383 e. The molecule has 1 amide bonds. The minimum Gasteiger partial charge on any atom is -0.354 e. The molecular weight excluding hydrogens is 262 g/mol. The third kappa shape index (κ3) is 1.99. The van der Waals surface area contributed by atoms with Crippen molar-refractivity contribution < 1.29 is 14.4 Å². The first-order chi connectivity index (χ1) is 9.79. The summed E-state index contributed by atoms with van der Waals surface area (Å²) in [5.74, 6) is -0.685. The molecule has 0 saturated heterocycles. The van der Waals surface area contributed by atoms with E-state index in [1.54, 1.807) is 30.3 Å². The number of hydrogen-bond acceptors (Lipinski definition) is 5. The summed E-state index contributed by atoms with van der Waals surface area (Å²) in [6.07, 6.45) is 1.99. The van der Waals surface area contributed by atoms with Gasteiger partial charge in [-0.2, -0.15) is 0 Å². The number of aromatic amines is 1. The van der Waals surface area contributed by atoms with Crippen LogP contribution in [0, 0.1) is 0 Å². The van der Waals surface area contributed by atoms with Crippen LogP contribution in [0.5, 0.6) is 0 Å². The van der Waals surface area contributed by atoms with Crippen molar-refractivity contribution in [2.75, 3.05) is 5.32 Å². The van der Waals surface area contributed by atoms with Crippen LogP contribution < -0.4 is 10.2 Å². The van der Waals surface area contributed by atoms with Gasteiger partial charge in [0.2, 0.25) is 6.41 Å². The molecule has 100 valence electrons. The molecule has 8 nitrogen and oxygen atoms in total. The average Bonchev–Trinajstić information content (AvgIpc) is 3.07. The number of nitrogens with zero attached hydrogens (tertiary/aromatic N) is 3. The molecule has 2 N–H and O–H groups in total. The monoisotopic (exact) mass is 271 g/mol. The van der Waals surface area contributed by atoms with Gasteiger partial charge in [0, 0.05) is 6.20 Å². The van der Waals surface area contributed by atoms with Crippen LogP contribution in [-0.4, -0.2) is 32.5 Å². The zero-order chi connectivity index (χ0) is 13.9. The number of aromatic nitrogens is 4. The van der Waals surface area contributed by atoms with E-state index in [4.69, 9.17) is 4.84 Å². The van der Waals surface area contributed by atoms with E-state index < -0.39 is 5.97 Å². The van der Waals surface area contributed by atoms with Crippen LogP contribution in [0.1, 0.15) is 10.5 Å². The lowest BCUT2D eigenvalue weighted by Crippen LogP contribution is -2.22. The summed E-state index contributed by atoms with van der Waals surface area (Å²) in [6, 6.07) is 8.61. The lowest BCUT2D eigenvalue weighted by Gasteiger charge is -2.03. The van der Waals surface area contributed by atoms with Crippen molar-refractivity contribution >= 4 is 29.1 Å². The van der Waals surface area contributed by atoms with E-state index in [0.29, 0.717) is 23.1 Å². The molecule has 3 aromatic rings.